The Bertz CT molecular complexity index is 597. The van der Waals surface area contributed by atoms with Crippen LogP contribution in [-0.2, 0) is 10.0 Å². The van der Waals surface area contributed by atoms with Crippen molar-refractivity contribution in [3.8, 4) is 0 Å². The second kappa shape index (κ2) is 5.49. The summed E-state index contributed by atoms with van der Waals surface area (Å²) in [6.07, 6.45) is 3.02. The molecule has 0 amide bonds. The van der Waals surface area contributed by atoms with Gasteiger partial charge in [0.1, 0.15) is 0 Å². The van der Waals surface area contributed by atoms with Crippen molar-refractivity contribution in [2.75, 3.05) is 0 Å². The van der Waals surface area contributed by atoms with Crippen molar-refractivity contribution in [3.05, 3.63) is 28.8 Å². The van der Waals surface area contributed by atoms with Crippen LogP contribution in [0, 0.1) is 20.8 Å². The monoisotopic (exact) mass is 295 g/mol. The first kappa shape index (κ1) is 15.5. The minimum absolute atomic E-state index is 0.0877. The molecule has 112 valence electrons. The van der Waals surface area contributed by atoms with Gasteiger partial charge in [0, 0.05) is 12.1 Å². The van der Waals surface area contributed by atoms with E-state index in [9.17, 15) is 8.42 Å². The lowest BCUT2D eigenvalue weighted by atomic mass is 10.0. The average Bonchev–Trinajstić information content (AvgIpc) is 2.33. The molecule has 0 N–H and O–H groups in total. The molecular weight excluding hydrogens is 270 g/mol. The number of benzene rings is 1. The molecule has 2 atom stereocenters. The first-order chi connectivity index (χ1) is 9.25. The third kappa shape index (κ3) is 2.63. The van der Waals surface area contributed by atoms with E-state index in [1.165, 1.54) is 0 Å². The molecule has 0 aromatic heterocycles. The molecular formula is C16H25NO2S. The summed E-state index contributed by atoms with van der Waals surface area (Å²) >= 11 is 0. The van der Waals surface area contributed by atoms with Gasteiger partial charge in [-0.15, -0.1) is 0 Å². The second-order valence-electron chi connectivity index (χ2n) is 6.17. The van der Waals surface area contributed by atoms with E-state index in [1.54, 1.807) is 4.31 Å². The summed E-state index contributed by atoms with van der Waals surface area (Å²) in [7, 11) is -3.40. The predicted molar refractivity (Wildman–Crippen MR) is 82.5 cm³/mol. The highest BCUT2D eigenvalue weighted by Crippen LogP contribution is 2.31. The molecule has 1 saturated heterocycles. The Balaban J connectivity index is 2.52. The fraction of sp³-hybridized carbons (Fsp3) is 0.625. The molecule has 1 aliphatic heterocycles. The van der Waals surface area contributed by atoms with Crippen LogP contribution < -0.4 is 0 Å². The summed E-state index contributed by atoms with van der Waals surface area (Å²) in [6, 6.07) is 3.98. The summed E-state index contributed by atoms with van der Waals surface area (Å²) in [6.45, 7) is 9.91. The molecule has 0 saturated carbocycles. The molecule has 1 aromatic carbocycles. The largest absolute Gasteiger partial charge is 0.243 e. The predicted octanol–water partition coefficient (Wildman–Crippen LogP) is 3.56. The van der Waals surface area contributed by atoms with Gasteiger partial charge in [0.05, 0.1) is 4.90 Å². The summed E-state index contributed by atoms with van der Waals surface area (Å²) in [5.41, 5.74) is 3.02. The number of sulfonamides is 1. The number of hydrogen-bond donors (Lipinski definition) is 0. The minimum Gasteiger partial charge on any atom is -0.207 e. The van der Waals surface area contributed by atoms with E-state index in [0.29, 0.717) is 4.90 Å². The average molecular weight is 295 g/mol. The smallest absolute Gasteiger partial charge is 0.207 e. The molecule has 20 heavy (non-hydrogen) atoms. The standard InChI is InChI=1S/C16H25NO2S/c1-11-9-13(3)16(10-12(11)2)20(18,19)17-14(4)7-6-8-15(17)5/h9-10,14-15H,6-8H2,1-5H3/t14-,15-/m1/s1. The maximum absolute atomic E-state index is 13.0. The van der Waals surface area contributed by atoms with E-state index in [0.717, 1.165) is 36.0 Å². The molecule has 0 spiro atoms. The van der Waals surface area contributed by atoms with Crippen molar-refractivity contribution in [2.24, 2.45) is 0 Å². The van der Waals surface area contributed by atoms with Crippen LogP contribution in [0.5, 0.6) is 0 Å². The molecule has 1 aliphatic rings. The Hall–Kier alpha value is -0.870. The van der Waals surface area contributed by atoms with Gasteiger partial charge in [0.2, 0.25) is 10.0 Å². The molecule has 4 heteroatoms. The fourth-order valence-corrected chi connectivity index (χ4v) is 5.37. The highest BCUT2D eigenvalue weighted by Gasteiger charge is 2.36. The van der Waals surface area contributed by atoms with Crippen molar-refractivity contribution in [1.29, 1.82) is 0 Å². The lowest BCUT2D eigenvalue weighted by molar-refractivity contribution is 0.204. The summed E-state index contributed by atoms with van der Waals surface area (Å²) in [4.78, 5) is 0.473. The van der Waals surface area contributed by atoms with E-state index in [1.807, 2.05) is 46.8 Å². The zero-order valence-corrected chi connectivity index (χ0v) is 13.9. The Labute approximate surface area is 123 Å². The van der Waals surface area contributed by atoms with Crippen LogP contribution in [0.3, 0.4) is 0 Å². The van der Waals surface area contributed by atoms with Crippen molar-refractivity contribution in [1.82, 2.24) is 4.31 Å². The summed E-state index contributed by atoms with van der Waals surface area (Å²) < 4.78 is 27.8. The molecule has 3 nitrogen and oxygen atoms in total. The highest BCUT2D eigenvalue weighted by molar-refractivity contribution is 7.89. The number of rotatable bonds is 2. The summed E-state index contributed by atoms with van der Waals surface area (Å²) in [5, 5.41) is 0. The van der Waals surface area contributed by atoms with Crippen molar-refractivity contribution in [3.63, 3.8) is 0 Å². The highest BCUT2D eigenvalue weighted by atomic mass is 32.2. The van der Waals surface area contributed by atoms with E-state index >= 15 is 0 Å². The van der Waals surface area contributed by atoms with Crippen molar-refractivity contribution in [2.45, 2.75) is 70.9 Å². The molecule has 0 unspecified atom stereocenters. The zero-order valence-electron chi connectivity index (χ0n) is 13.1. The van der Waals surface area contributed by atoms with Crippen molar-refractivity contribution >= 4 is 10.0 Å². The van der Waals surface area contributed by atoms with Gasteiger partial charge in [0.15, 0.2) is 0 Å². The van der Waals surface area contributed by atoms with E-state index in [4.69, 9.17) is 0 Å². The Morgan fingerprint density at radius 1 is 0.950 bits per heavy atom. The topological polar surface area (TPSA) is 37.4 Å². The van der Waals surface area contributed by atoms with Gasteiger partial charge in [-0.1, -0.05) is 12.5 Å². The van der Waals surface area contributed by atoms with Crippen LogP contribution in [0.4, 0.5) is 0 Å². The summed E-state index contributed by atoms with van der Waals surface area (Å²) in [5.74, 6) is 0. The van der Waals surface area contributed by atoms with Crippen LogP contribution in [0.2, 0.25) is 0 Å². The number of aryl methyl sites for hydroxylation is 3. The molecule has 2 rings (SSSR count). The third-order valence-corrected chi connectivity index (χ3v) is 6.73. The van der Waals surface area contributed by atoms with Gasteiger partial charge in [0.25, 0.3) is 0 Å². The number of nitrogens with zero attached hydrogens (tertiary/aromatic N) is 1. The molecule has 1 fully saturated rings. The van der Waals surface area contributed by atoms with Crippen LogP contribution in [0.25, 0.3) is 0 Å². The van der Waals surface area contributed by atoms with Crippen LogP contribution >= 0.6 is 0 Å². The van der Waals surface area contributed by atoms with Gasteiger partial charge < -0.3 is 0 Å². The molecule has 1 heterocycles. The Kier molecular flexibility index (Phi) is 4.26. The first-order valence-electron chi connectivity index (χ1n) is 7.36. The maximum Gasteiger partial charge on any atom is 0.243 e. The van der Waals surface area contributed by atoms with Crippen LogP contribution in [0.1, 0.15) is 49.8 Å². The van der Waals surface area contributed by atoms with E-state index < -0.39 is 10.0 Å². The van der Waals surface area contributed by atoms with Gasteiger partial charge in [-0.3, -0.25) is 0 Å². The van der Waals surface area contributed by atoms with Gasteiger partial charge >= 0.3 is 0 Å². The molecule has 0 aliphatic carbocycles. The second-order valence-corrected chi connectivity index (χ2v) is 7.98. The zero-order chi connectivity index (χ0) is 15.1. The Morgan fingerprint density at radius 2 is 1.45 bits per heavy atom. The number of hydrogen-bond acceptors (Lipinski definition) is 2. The lowest BCUT2D eigenvalue weighted by Gasteiger charge is -2.38. The van der Waals surface area contributed by atoms with Gasteiger partial charge in [-0.25, -0.2) is 8.42 Å². The maximum atomic E-state index is 13.0. The normalized spacial score (nSPS) is 24.9. The lowest BCUT2D eigenvalue weighted by Crippen LogP contribution is -2.47. The minimum atomic E-state index is -3.40. The third-order valence-electron chi connectivity index (χ3n) is 4.46. The quantitative estimate of drug-likeness (QED) is 0.836. The first-order valence-corrected chi connectivity index (χ1v) is 8.80. The van der Waals surface area contributed by atoms with Crippen LogP contribution in [0.15, 0.2) is 17.0 Å². The van der Waals surface area contributed by atoms with Crippen molar-refractivity contribution < 1.29 is 8.42 Å². The Morgan fingerprint density at radius 3 is 2.00 bits per heavy atom. The van der Waals surface area contributed by atoms with Gasteiger partial charge in [-0.05, 0) is 70.2 Å². The number of piperidine rings is 1. The fourth-order valence-electron chi connectivity index (χ4n) is 3.20. The van der Waals surface area contributed by atoms with Gasteiger partial charge in [-0.2, -0.15) is 4.31 Å². The molecule has 1 aromatic rings. The van der Waals surface area contributed by atoms with Crippen LogP contribution in [-0.4, -0.2) is 24.8 Å². The molecule has 0 bridgehead atoms. The molecule has 0 radical (unpaired) electrons. The SMILES string of the molecule is Cc1cc(C)c(S(=O)(=O)N2[C@H](C)CCC[C@H]2C)cc1C. The van der Waals surface area contributed by atoms with E-state index in [-0.39, 0.29) is 12.1 Å². The van der Waals surface area contributed by atoms with E-state index in [2.05, 4.69) is 0 Å².